The number of carbonyl (C=O) groups is 5. The number of fused-ring (bicyclic) bond motifs is 1. The molecule has 256 valence electrons. The molecule has 6 atom stereocenters. The predicted molar refractivity (Wildman–Crippen MR) is 184 cm³/mol. The van der Waals surface area contributed by atoms with Crippen LogP contribution in [0.1, 0.15) is 74.2 Å². The van der Waals surface area contributed by atoms with Crippen molar-refractivity contribution in [3.05, 3.63) is 70.8 Å². The highest BCUT2D eigenvalue weighted by Gasteiger charge is 2.39. The van der Waals surface area contributed by atoms with Gasteiger partial charge in [0.15, 0.2) is 0 Å². The third kappa shape index (κ3) is 9.52. The van der Waals surface area contributed by atoms with E-state index in [-0.39, 0.29) is 42.5 Å². The van der Waals surface area contributed by atoms with Crippen LogP contribution in [0.2, 0.25) is 0 Å². The lowest BCUT2D eigenvalue weighted by Crippen LogP contribution is -2.56. The first kappa shape index (κ1) is 36.3. The van der Waals surface area contributed by atoms with Gasteiger partial charge in [-0.2, -0.15) is 0 Å². The van der Waals surface area contributed by atoms with Crippen molar-refractivity contribution >= 4 is 29.9 Å². The molecule has 0 aromatic heterocycles. The lowest BCUT2D eigenvalue weighted by molar-refractivity contribution is -0.141. The molecular weight excluding hydrogens is 608 g/mol. The lowest BCUT2D eigenvalue weighted by atomic mass is 9.87. The third-order valence-corrected chi connectivity index (χ3v) is 9.23. The van der Waals surface area contributed by atoms with Crippen LogP contribution in [0.3, 0.4) is 0 Å². The Morgan fingerprint density at radius 2 is 1.60 bits per heavy atom. The monoisotopic (exact) mass is 656 g/mol. The van der Waals surface area contributed by atoms with Gasteiger partial charge in [0, 0.05) is 24.9 Å². The number of aryl methyl sites for hydroxylation is 1. The minimum absolute atomic E-state index is 0.0845. The molecule has 1 aliphatic heterocycles. The predicted octanol–water partition coefficient (Wildman–Crippen LogP) is 1.54. The van der Waals surface area contributed by atoms with E-state index in [1.165, 1.54) is 5.56 Å². The van der Waals surface area contributed by atoms with Crippen molar-refractivity contribution in [1.29, 1.82) is 0 Å². The van der Waals surface area contributed by atoms with E-state index in [2.05, 4.69) is 50.6 Å². The molecule has 4 amide bonds. The van der Waals surface area contributed by atoms with Crippen molar-refractivity contribution in [2.75, 3.05) is 20.6 Å². The molecule has 0 saturated carbocycles. The number of nitrogens with zero attached hydrogens (tertiary/aromatic N) is 1. The van der Waals surface area contributed by atoms with Crippen LogP contribution in [0.15, 0.2) is 48.5 Å². The molecule has 1 aliphatic carbocycles. The minimum Gasteiger partial charge on any atom is -0.347 e. The summed E-state index contributed by atoms with van der Waals surface area (Å²) in [4.78, 5) is 65.8. The topological polar surface area (TPSA) is 149 Å². The number of benzene rings is 2. The van der Waals surface area contributed by atoms with Crippen LogP contribution in [-0.2, 0) is 36.8 Å². The molecule has 1 heterocycles. The van der Waals surface area contributed by atoms with Crippen LogP contribution < -0.4 is 26.6 Å². The van der Waals surface area contributed by atoms with Crippen molar-refractivity contribution in [2.24, 2.45) is 0 Å². The summed E-state index contributed by atoms with van der Waals surface area (Å²) >= 11 is 0. The Morgan fingerprint density at radius 1 is 0.917 bits per heavy atom. The SMILES string of the molecule is CNC(C)C(=O)NC(C=O)CC#Cc1ccc(CC(NC(=O)C(C)NC)C(=O)N2CCCC2C(=O)NC2CCCc3ccccc32)cc1. The van der Waals surface area contributed by atoms with Crippen LogP contribution >= 0.6 is 0 Å². The van der Waals surface area contributed by atoms with Crippen molar-refractivity contribution in [3.8, 4) is 11.8 Å². The quantitative estimate of drug-likeness (QED) is 0.162. The van der Waals surface area contributed by atoms with Gasteiger partial charge in [-0.1, -0.05) is 48.2 Å². The number of carbonyl (C=O) groups excluding carboxylic acids is 5. The fourth-order valence-electron chi connectivity index (χ4n) is 6.10. The van der Waals surface area contributed by atoms with Crippen molar-refractivity contribution in [1.82, 2.24) is 31.5 Å². The van der Waals surface area contributed by atoms with Crippen LogP contribution in [0.25, 0.3) is 0 Å². The molecule has 0 spiro atoms. The van der Waals surface area contributed by atoms with Crippen molar-refractivity contribution in [3.63, 3.8) is 0 Å². The van der Waals surface area contributed by atoms with Gasteiger partial charge >= 0.3 is 0 Å². The average Bonchev–Trinajstić information content (AvgIpc) is 3.61. The summed E-state index contributed by atoms with van der Waals surface area (Å²) in [7, 11) is 3.34. The normalized spacial score (nSPS) is 19.4. The summed E-state index contributed by atoms with van der Waals surface area (Å²) in [6.07, 6.45) is 5.18. The maximum atomic E-state index is 14.1. The smallest absolute Gasteiger partial charge is 0.246 e. The van der Waals surface area contributed by atoms with Crippen LogP contribution in [-0.4, -0.2) is 85.7 Å². The van der Waals surface area contributed by atoms with E-state index in [1.54, 1.807) is 32.8 Å². The van der Waals surface area contributed by atoms with Gasteiger partial charge in [-0.25, -0.2) is 0 Å². The number of amides is 4. The molecule has 11 heteroatoms. The Kier molecular flexibility index (Phi) is 13.3. The van der Waals surface area contributed by atoms with E-state index in [9.17, 15) is 24.0 Å². The average molecular weight is 657 g/mol. The van der Waals surface area contributed by atoms with Gasteiger partial charge in [0.2, 0.25) is 23.6 Å². The summed E-state index contributed by atoms with van der Waals surface area (Å²) in [5.41, 5.74) is 3.91. The van der Waals surface area contributed by atoms with E-state index in [4.69, 9.17) is 0 Å². The van der Waals surface area contributed by atoms with Crippen LogP contribution in [0, 0.1) is 11.8 Å². The molecule has 1 saturated heterocycles. The summed E-state index contributed by atoms with van der Waals surface area (Å²) in [6.45, 7) is 3.87. The molecule has 2 aliphatic rings. The number of hydrogen-bond donors (Lipinski definition) is 5. The molecular formula is C37H48N6O5. The third-order valence-electron chi connectivity index (χ3n) is 9.23. The van der Waals surface area contributed by atoms with Gasteiger partial charge in [-0.05, 0) is 88.9 Å². The fraction of sp³-hybridized carbons (Fsp3) is 0.486. The molecule has 0 radical (unpaired) electrons. The maximum absolute atomic E-state index is 14.1. The second-order valence-electron chi connectivity index (χ2n) is 12.6. The first-order valence-corrected chi connectivity index (χ1v) is 16.8. The van der Waals surface area contributed by atoms with Gasteiger partial charge in [0.1, 0.15) is 18.4 Å². The van der Waals surface area contributed by atoms with Gasteiger partial charge in [0.25, 0.3) is 0 Å². The van der Waals surface area contributed by atoms with E-state index in [0.29, 0.717) is 31.2 Å². The van der Waals surface area contributed by atoms with E-state index < -0.39 is 30.2 Å². The highest BCUT2D eigenvalue weighted by Crippen LogP contribution is 2.30. The van der Waals surface area contributed by atoms with Crippen LogP contribution in [0.5, 0.6) is 0 Å². The number of likely N-dealkylation sites (N-methyl/N-ethyl adjacent to an activating group) is 2. The second-order valence-corrected chi connectivity index (χ2v) is 12.6. The number of likely N-dealkylation sites (tertiary alicyclic amines) is 1. The second kappa shape index (κ2) is 17.6. The Morgan fingerprint density at radius 3 is 2.29 bits per heavy atom. The zero-order valence-corrected chi connectivity index (χ0v) is 28.3. The highest BCUT2D eigenvalue weighted by atomic mass is 16.2. The number of rotatable bonds is 13. The standard InChI is InChI=1S/C37H48N6O5/c1-24(38-3)34(45)40-29(23-44)13-7-10-26-17-19-27(20-18-26)22-32(42-35(46)25(2)39-4)37(48)43-21-9-16-33(43)36(47)41-31-15-8-12-28-11-5-6-14-30(28)31/h5-6,11,14,17-20,23-25,29,31-33,38-39H,8-9,12-13,15-16,21-22H2,1-4H3,(H,40,45)(H,41,47)(H,42,46). The summed E-state index contributed by atoms with van der Waals surface area (Å²) < 4.78 is 0. The summed E-state index contributed by atoms with van der Waals surface area (Å²) in [5.74, 6) is 4.93. The van der Waals surface area contributed by atoms with Gasteiger partial charge in [-0.15, -0.1) is 0 Å². The summed E-state index contributed by atoms with van der Waals surface area (Å²) in [5, 5.41) is 14.5. The largest absolute Gasteiger partial charge is 0.347 e. The van der Waals surface area contributed by atoms with Gasteiger partial charge < -0.3 is 36.3 Å². The molecule has 48 heavy (non-hydrogen) atoms. The zero-order valence-electron chi connectivity index (χ0n) is 28.3. The maximum Gasteiger partial charge on any atom is 0.246 e. The minimum atomic E-state index is -0.869. The van der Waals surface area contributed by atoms with Crippen molar-refractivity contribution in [2.45, 2.75) is 95.0 Å². The molecule has 4 rings (SSSR count). The summed E-state index contributed by atoms with van der Waals surface area (Å²) in [6, 6.07) is 12.3. The molecule has 6 unspecified atom stereocenters. The lowest BCUT2D eigenvalue weighted by Gasteiger charge is -2.32. The van der Waals surface area contributed by atoms with Gasteiger partial charge in [0.05, 0.1) is 24.2 Å². The first-order chi connectivity index (χ1) is 23.1. The Hall–Kier alpha value is -4.53. The van der Waals surface area contributed by atoms with E-state index >= 15 is 0 Å². The molecule has 11 nitrogen and oxygen atoms in total. The number of nitrogens with one attached hydrogen (secondary N) is 5. The fourth-order valence-corrected chi connectivity index (χ4v) is 6.10. The van der Waals surface area contributed by atoms with E-state index in [1.807, 2.05) is 36.4 Å². The molecule has 2 aromatic carbocycles. The first-order valence-electron chi connectivity index (χ1n) is 16.8. The number of aldehydes is 1. The Labute approximate surface area is 283 Å². The zero-order chi connectivity index (χ0) is 34.6. The molecule has 1 fully saturated rings. The van der Waals surface area contributed by atoms with Gasteiger partial charge in [-0.3, -0.25) is 19.2 Å². The molecule has 2 aromatic rings. The van der Waals surface area contributed by atoms with Crippen molar-refractivity contribution < 1.29 is 24.0 Å². The van der Waals surface area contributed by atoms with Crippen LogP contribution in [0.4, 0.5) is 0 Å². The Balaban J connectivity index is 1.44. The Bertz CT molecular complexity index is 1520. The molecule has 5 N–H and O–H groups in total. The number of hydrogen-bond acceptors (Lipinski definition) is 7. The molecule has 0 bridgehead atoms. The van der Waals surface area contributed by atoms with E-state index in [0.717, 1.165) is 30.4 Å². The highest BCUT2D eigenvalue weighted by molar-refractivity contribution is 5.93.